The van der Waals surface area contributed by atoms with Gasteiger partial charge in [-0.15, -0.1) is 0 Å². The second-order valence-corrected chi connectivity index (χ2v) is 7.99. The van der Waals surface area contributed by atoms with Crippen LogP contribution in [0.3, 0.4) is 0 Å². The summed E-state index contributed by atoms with van der Waals surface area (Å²) in [5.74, 6) is 0.346. The summed E-state index contributed by atoms with van der Waals surface area (Å²) in [5.41, 5.74) is -0.716. The molecule has 164 valence electrons. The third kappa shape index (κ3) is 3.95. The van der Waals surface area contributed by atoms with E-state index < -0.39 is 17.5 Å². The molecule has 0 radical (unpaired) electrons. The first-order valence-electron chi connectivity index (χ1n) is 10.5. The Morgan fingerprint density at radius 3 is 2.43 bits per heavy atom. The number of ether oxygens (including phenoxy) is 2. The van der Waals surface area contributed by atoms with Crippen LogP contribution in [0.4, 0.5) is 4.79 Å². The van der Waals surface area contributed by atoms with Crippen LogP contribution in [0.5, 0.6) is 11.5 Å². The Morgan fingerprint density at radius 2 is 1.83 bits per heavy atom. The van der Waals surface area contributed by atoms with Gasteiger partial charge in [-0.3, -0.25) is 14.5 Å². The summed E-state index contributed by atoms with van der Waals surface area (Å²) >= 11 is 0. The second kappa shape index (κ2) is 8.93. The average Bonchev–Trinajstić information content (AvgIpc) is 2.98. The van der Waals surface area contributed by atoms with Crippen molar-refractivity contribution in [3.63, 3.8) is 0 Å². The summed E-state index contributed by atoms with van der Waals surface area (Å²) in [6.45, 7) is 3.89. The molecule has 0 bridgehead atoms. The largest absolute Gasteiger partial charge is 0.493 e. The molecule has 2 fully saturated rings. The standard InChI is InChI=1S/C22H31N3O5/c1-5-24(16-9-7-6-8-10-16)19(26)14-25-20(27)22(2,23-21(25)28)15-11-12-17(29-3)18(13-15)30-4/h11-13,16H,5-10,14H2,1-4H3,(H,23,28). The molecule has 1 atom stereocenters. The molecule has 1 aliphatic heterocycles. The van der Waals surface area contributed by atoms with Gasteiger partial charge in [-0.2, -0.15) is 0 Å². The number of imide groups is 1. The van der Waals surface area contributed by atoms with Gasteiger partial charge in [0.1, 0.15) is 12.1 Å². The molecule has 2 aliphatic rings. The molecule has 1 N–H and O–H groups in total. The number of methoxy groups -OCH3 is 2. The van der Waals surface area contributed by atoms with E-state index in [0.717, 1.165) is 30.6 Å². The van der Waals surface area contributed by atoms with Crippen LogP contribution in [0.2, 0.25) is 0 Å². The van der Waals surface area contributed by atoms with Gasteiger partial charge in [0.05, 0.1) is 14.2 Å². The summed E-state index contributed by atoms with van der Waals surface area (Å²) in [4.78, 5) is 41.7. The highest BCUT2D eigenvalue weighted by Crippen LogP contribution is 2.35. The first-order valence-corrected chi connectivity index (χ1v) is 10.5. The smallest absolute Gasteiger partial charge is 0.325 e. The number of amides is 4. The number of rotatable bonds is 7. The fourth-order valence-corrected chi connectivity index (χ4v) is 4.44. The van der Waals surface area contributed by atoms with Gasteiger partial charge in [0.15, 0.2) is 11.5 Å². The summed E-state index contributed by atoms with van der Waals surface area (Å²) < 4.78 is 10.6. The van der Waals surface area contributed by atoms with E-state index in [1.165, 1.54) is 20.6 Å². The number of nitrogens with one attached hydrogen (secondary N) is 1. The Kier molecular flexibility index (Phi) is 6.53. The van der Waals surface area contributed by atoms with Gasteiger partial charge < -0.3 is 19.7 Å². The first-order chi connectivity index (χ1) is 14.3. The lowest BCUT2D eigenvalue weighted by molar-refractivity contribution is -0.140. The number of hydrogen-bond acceptors (Lipinski definition) is 5. The Hall–Kier alpha value is -2.77. The van der Waals surface area contributed by atoms with E-state index in [2.05, 4.69) is 5.32 Å². The highest BCUT2D eigenvalue weighted by atomic mass is 16.5. The predicted molar refractivity (Wildman–Crippen MR) is 111 cm³/mol. The van der Waals surface area contributed by atoms with Crippen molar-refractivity contribution in [1.29, 1.82) is 0 Å². The molecule has 4 amide bonds. The number of hydrogen-bond donors (Lipinski definition) is 1. The fourth-order valence-electron chi connectivity index (χ4n) is 4.44. The topological polar surface area (TPSA) is 88.2 Å². The molecule has 3 rings (SSSR count). The number of likely N-dealkylation sites (N-methyl/N-ethyl adjacent to an activating group) is 1. The SMILES string of the molecule is CCN(C(=O)CN1C(=O)NC(C)(c2ccc(OC)c(OC)c2)C1=O)C1CCCCC1. The number of urea groups is 1. The maximum absolute atomic E-state index is 13.2. The van der Waals surface area contributed by atoms with Gasteiger partial charge in [0, 0.05) is 12.6 Å². The Morgan fingerprint density at radius 1 is 1.17 bits per heavy atom. The molecule has 1 aromatic carbocycles. The highest BCUT2D eigenvalue weighted by Gasteiger charge is 2.50. The molecule has 30 heavy (non-hydrogen) atoms. The van der Waals surface area contributed by atoms with E-state index in [1.54, 1.807) is 25.1 Å². The molecule has 1 heterocycles. The minimum atomic E-state index is -1.28. The van der Waals surface area contributed by atoms with Crippen LogP contribution in [0.25, 0.3) is 0 Å². The third-order valence-corrected chi connectivity index (χ3v) is 6.21. The molecule has 8 heteroatoms. The van der Waals surface area contributed by atoms with E-state index in [-0.39, 0.29) is 18.5 Å². The van der Waals surface area contributed by atoms with Gasteiger partial charge in [0.2, 0.25) is 5.91 Å². The summed E-state index contributed by atoms with van der Waals surface area (Å²) in [6.07, 6.45) is 5.36. The van der Waals surface area contributed by atoms with Crippen molar-refractivity contribution in [2.24, 2.45) is 0 Å². The summed E-state index contributed by atoms with van der Waals surface area (Å²) in [5, 5.41) is 2.75. The van der Waals surface area contributed by atoms with Gasteiger partial charge in [0.25, 0.3) is 5.91 Å². The Balaban J connectivity index is 1.79. The number of carbonyl (C=O) groups is 3. The first kappa shape index (κ1) is 21.9. The summed E-state index contributed by atoms with van der Waals surface area (Å²) in [6, 6.07) is 4.70. The van der Waals surface area contributed by atoms with Crippen LogP contribution in [0.1, 0.15) is 51.5 Å². The van der Waals surface area contributed by atoms with Crippen molar-refractivity contribution in [1.82, 2.24) is 15.1 Å². The van der Waals surface area contributed by atoms with Crippen LogP contribution < -0.4 is 14.8 Å². The Bertz CT molecular complexity index is 821. The minimum absolute atomic E-state index is 0.189. The van der Waals surface area contributed by atoms with Crippen LogP contribution in [-0.2, 0) is 15.1 Å². The molecule has 0 aromatic heterocycles. The van der Waals surface area contributed by atoms with E-state index >= 15 is 0 Å². The van der Waals surface area contributed by atoms with E-state index in [4.69, 9.17) is 9.47 Å². The lowest BCUT2D eigenvalue weighted by Crippen LogP contribution is -2.48. The van der Waals surface area contributed by atoms with E-state index in [0.29, 0.717) is 23.6 Å². The van der Waals surface area contributed by atoms with Crippen molar-refractivity contribution in [3.05, 3.63) is 23.8 Å². The van der Waals surface area contributed by atoms with Crippen LogP contribution in [0, 0.1) is 0 Å². The minimum Gasteiger partial charge on any atom is -0.493 e. The predicted octanol–water partition coefficient (Wildman–Crippen LogP) is 2.65. The molecule has 0 spiro atoms. The zero-order valence-electron chi connectivity index (χ0n) is 18.2. The van der Waals surface area contributed by atoms with Crippen molar-refractivity contribution in [2.45, 2.75) is 57.5 Å². The lowest BCUT2D eigenvalue weighted by atomic mass is 9.91. The Labute approximate surface area is 177 Å². The van der Waals surface area contributed by atoms with Crippen LogP contribution >= 0.6 is 0 Å². The molecule has 1 saturated carbocycles. The zero-order valence-corrected chi connectivity index (χ0v) is 18.2. The van der Waals surface area contributed by atoms with Crippen molar-refractivity contribution < 1.29 is 23.9 Å². The maximum Gasteiger partial charge on any atom is 0.325 e. The number of carbonyl (C=O) groups excluding carboxylic acids is 3. The normalized spacial score (nSPS) is 22.1. The number of nitrogens with zero attached hydrogens (tertiary/aromatic N) is 2. The average molecular weight is 418 g/mol. The van der Waals surface area contributed by atoms with Gasteiger partial charge in [-0.25, -0.2) is 4.79 Å². The highest BCUT2D eigenvalue weighted by molar-refractivity contribution is 6.09. The van der Waals surface area contributed by atoms with Crippen molar-refractivity contribution in [3.8, 4) is 11.5 Å². The number of benzene rings is 1. The van der Waals surface area contributed by atoms with Gasteiger partial charge in [-0.1, -0.05) is 25.3 Å². The van der Waals surface area contributed by atoms with Crippen LogP contribution in [-0.4, -0.2) is 61.0 Å². The summed E-state index contributed by atoms with van der Waals surface area (Å²) in [7, 11) is 3.04. The van der Waals surface area contributed by atoms with Gasteiger partial charge >= 0.3 is 6.03 Å². The molecule has 1 saturated heterocycles. The molecular weight excluding hydrogens is 386 g/mol. The fraction of sp³-hybridized carbons (Fsp3) is 0.591. The maximum atomic E-state index is 13.2. The lowest BCUT2D eigenvalue weighted by Gasteiger charge is -2.34. The van der Waals surface area contributed by atoms with Crippen LogP contribution in [0.15, 0.2) is 18.2 Å². The third-order valence-electron chi connectivity index (χ3n) is 6.21. The monoisotopic (exact) mass is 417 g/mol. The van der Waals surface area contributed by atoms with E-state index in [1.807, 2.05) is 11.8 Å². The molecule has 8 nitrogen and oxygen atoms in total. The second-order valence-electron chi connectivity index (χ2n) is 7.99. The van der Waals surface area contributed by atoms with Crippen molar-refractivity contribution in [2.75, 3.05) is 27.3 Å². The van der Waals surface area contributed by atoms with Gasteiger partial charge in [-0.05, 0) is 44.4 Å². The molecule has 1 unspecified atom stereocenters. The van der Waals surface area contributed by atoms with E-state index in [9.17, 15) is 14.4 Å². The quantitative estimate of drug-likeness (QED) is 0.689. The zero-order chi connectivity index (χ0) is 21.9. The molecule has 1 aliphatic carbocycles. The molecular formula is C22H31N3O5. The molecule has 1 aromatic rings. The van der Waals surface area contributed by atoms with Crippen molar-refractivity contribution >= 4 is 17.8 Å².